The SMILES string of the molecule is Cn1c(=O)oc2ccc(C3(CCCl)COC3)cc21. The van der Waals surface area contributed by atoms with Gasteiger partial charge in [0, 0.05) is 18.3 Å². The molecule has 1 aromatic heterocycles. The maximum Gasteiger partial charge on any atom is 0.419 e. The van der Waals surface area contributed by atoms with Crippen molar-refractivity contribution in [1.29, 1.82) is 0 Å². The van der Waals surface area contributed by atoms with Gasteiger partial charge in [0.25, 0.3) is 0 Å². The summed E-state index contributed by atoms with van der Waals surface area (Å²) in [5.41, 5.74) is 2.60. The van der Waals surface area contributed by atoms with Gasteiger partial charge in [-0.2, -0.15) is 0 Å². The van der Waals surface area contributed by atoms with Crippen molar-refractivity contribution < 1.29 is 9.15 Å². The zero-order chi connectivity index (χ0) is 12.8. The van der Waals surface area contributed by atoms with Crippen LogP contribution in [0.3, 0.4) is 0 Å². The standard InChI is InChI=1S/C13H14ClNO3/c1-15-10-6-9(2-3-11(10)18-12(15)16)13(4-5-14)7-17-8-13/h2-3,6H,4-5,7-8H2,1H3. The molecule has 3 rings (SSSR count). The summed E-state index contributed by atoms with van der Waals surface area (Å²) in [6.45, 7) is 1.38. The molecule has 1 saturated heterocycles. The topological polar surface area (TPSA) is 44.4 Å². The molecule has 0 unspecified atom stereocenters. The Labute approximate surface area is 109 Å². The van der Waals surface area contributed by atoms with Gasteiger partial charge in [-0.3, -0.25) is 4.57 Å². The summed E-state index contributed by atoms with van der Waals surface area (Å²) in [5, 5.41) is 0. The molecule has 5 heteroatoms. The third-order valence-electron chi connectivity index (χ3n) is 3.73. The molecule has 1 aliphatic rings. The lowest BCUT2D eigenvalue weighted by molar-refractivity contribution is -0.0615. The zero-order valence-electron chi connectivity index (χ0n) is 10.1. The highest BCUT2D eigenvalue weighted by atomic mass is 35.5. The van der Waals surface area contributed by atoms with E-state index in [0.717, 1.165) is 11.9 Å². The molecule has 0 radical (unpaired) electrons. The average Bonchev–Trinajstić information content (AvgIpc) is 2.60. The highest BCUT2D eigenvalue weighted by molar-refractivity contribution is 6.17. The fourth-order valence-electron chi connectivity index (χ4n) is 2.44. The van der Waals surface area contributed by atoms with Crippen LogP contribution in [0.2, 0.25) is 0 Å². The molecular formula is C13H14ClNO3. The van der Waals surface area contributed by atoms with E-state index in [2.05, 4.69) is 0 Å². The normalized spacial score (nSPS) is 17.9. The quantitative estimate of drug-likeness (QED) is 0.800. The molecule has 2 aromatic rings. The molecule has 1 aliphatic heterocycles. The smallest absolute Gasteiger partial charge is 0.408 e. The Morgan fingerprint density at radius 1 is 1.44 bits per heavy atom. The second-order valence-corrected chi connectivity index (χ2v) is 5.20. The second-order valence-electron chi connectivity index (χ2n) is 4.82. The summed E-state index contributed by atoms with van der Waals surface area (Å²) in [6, 6.07) is 5.86. The average molecular weight is 268 g/mol. The molecule has 0 saturated carbocycles. The van der Waals surface area contributed by atoms with Crippen LogP contribution in [0.1, 0.15) is 12.0 Å². The monoisotopic (exact) mass is 267 g/mol. The van der Waals surface area contributed by atoms with Gasteiger partial charge in [-0.05, 0) is 24.1 Å². The number of hydrogen-bond donors (Lipinski definition) is 0. The third kappa shape index (κ3) is 1.60. The Hall–Kier alpha value is -1.26. The van der Waals surface area contributed by atoms with E-state index >= 15 is 0 Å². The number of oxazole rings is 1. The Kier molecular flexibility index (Phi) is 2.72. The van der Waals surface area contributed by atoms with E-state index < -0.39 is 0 Å². The van der Waals surface area contributed by atoms with Crippen LogP contribution in [0, 0.1) is 0 Å². The van der Waals surface area contributed by atoms with E-state index in [1.54, 1.807) is 7.05 Å². The molecule has 4 nitrogen and oxygen atoms in total. The van der Waals surface area contributed by atoms with Crippen molar-refractivity contribution in [3.63, 3.8) is 0 Å². The van der Waals surface area contributed by atoms with Gasteiger partial charge in [-0.25, -0.2) is 4.79 Å². The van der Waals surface area contributed by atoms with E-state index in [0.29, 0.717) is 24.7 Å². The highest BCUT2D eigenvalue weighted by Gasteiger charge is 2.39. The van der Waals surface area contributed by atoms with Crippen molar-refractivity contribution in [3.8, 4) is 0 Å². The van der Waals surface area contributed by atoms with Crippen LogP contribution < -0.4 is 5.76 Å². The van der Waals surface area contributed by atoms with Crippen LogP contribution in [0.5, 0.6) is 0 Å². The zero-order valence-corrected chi connectivity index (χ0v) is 10.9. The first-order chi connectivity index (χ1) is 8.66. The number of nitrogens with zero attached hydrogens (tertiary/aromatic N) is 1. The minimum absolute atomic E-state index is 0.00323. The second kappa shape index (κ2) is 4.14. The highest BCUT2D eigenvalue weighted by Crippen LogP contribution is 2.37. The first-order valence-corrected chi connectivity index (χ1v) is 6.43. The Balaban J connectivity index is 2.12. The fraction of sp³-hybridized carbons (Fsp3) is 0.462. The number of alkyl halides is 1. The van der Waals surface area contributed by atoms with Crippen LogP contribution in [-0.4, -0.2) is 23.7 Å². The van der Waals surface area contributed by atoms with Crippen molar-refractivity contribution >= 4 is 22.7 Å². The lowest BCUT2D eigenvalue weighted by Crippen LogP contribution is -2.47. The molecule has 2 heterocycles. The van der Waals surface area contributed by atoms with Crippen LogP contribution in [-0.2, 0) is 17.2 Å². The van der Waals surface area contributed by atoms with Crippen LogP contribution in [0.4, 0.5) is 0 Å². The number of ether oxygens (including phenoxy) is 1. The Morgan fingerprint density at radius 2 is 2.22 bits per heavy atom. The fourth-order valence-corrected chi connectivity index (χ4v) is 2.80. The van der Waals surface area contributed by atoms with Crippen molar-refractivity contribution in [1.82, 2.24) is 4.57 Å². The first kappa shape index (κ1) is 11.8. The van der Waals surface area contributed by atoms with Gasteiger partial charge in [0.1, 0.15) is 0 Å². The van der Waals surface area contributed by atoms with E-state index in [-0.39, 0.29) is 11.2 Å². The van der Waals surface area contributed by atoms with Crippen molar-refractivity contribution in [2.45, 2.75) is 11.8 Å². The summed E-state index contributed by atoms with van der Waals surface area (Å²) >= 11 is 5.87. The molecule has 0 spiro atoms. The molecule has 1 aromatic carbocycles. The van der Waals surface area contributed by atoms with Gasteiger partial charge in [0.05, 0.1) is 18.7 Å². The van der Waals surface area contributed by atoms with Crippen molar-refractivity contribution in [2.24, 2.45) is 7.05 Å². The first-order valence-electron chi connectivity index (χ1n) is 5.90. The molecule has 96 valence electrons. The molecule has 18 heavy (non-hydrogen) atoms. The van der Waals surface area contributed by atoms with Gasteiger partial charge < -0.3 is 9.15 Å². The molecule has 0 atom stereocenters. The lowest BCUT2D eigenvalue weighted by atomic mass is 9.76. The number of aryl methyl sites for hydroxylation is 1. The number of halogens is 1. The summed E-state index contributed by atoms with van der Waals surface area (Å²) in [5.74, 6) is 0.268. The molecular weight excluding hydrogens is 254 g/mol. The van der Waals surface area contributed by atoms with Crippen LogP contribution >= 0.6 is 11.6 Å². The lowest BCUT2D eigenvalue weighted by Gasteiger charge is -2.41. The van der Waals surface area contributed by atoms with Crippen molar-refractivity contribution in [3.05, 3.63) is 34.3 Å². The number of hydrogen-bond acceptors (Lipinski definition) is 3. The minimum atomic E-state index is -0.335. The Morgan fingerprint density at radius 3 is 2.83 bits per heavy atom. The largest absolute Gasteiger partial charge is 0.419 e. The number of benzene rings is 1. The summed E-state index contributed by atoms with van der Waals surface area (Å²) in [6.07, 6.45) is 0.881. The van der Waals surface area contributed by atoms with E-state index in [4.69, 9.17) is 20.8 Å². The van der Waals surface area contributed by atoms with Gasteiger partial charge >= 0.3 is 5.76 Å². The molecule has 0 amide bonds. The number of rotatable bonds is 3. The number of aromatic nitrogens is 1. The van der Waals surface area contributed by atoms with Crippen LogP contribution in [0.25, 0.3) is 11.1 Å². The summed E-state index contributed by atoms with van der Waals surface area (Å²) in [4.78, 5) is 11.5. The van der Waals surface area contributed by atoms with Crippen molar-refractivity contribution in [2.75, 3.05) is 19.1 Å². The summed E-state index contributed by atoms with van der Waals surface area (Å²) in [7, 11) is 1.71. The molecule has 1 fully saturated rings. The third-order valence-corrected chi connectivity index (χ3v) is 3.92. The predicted molar refractivity (Wildman–Crippen MR) is 69.3 cm³/mol. The maximum atomic E-state index is 11.5. The maximum absolute atomic E-state index is 11.5. The molecule has 0 aliphatic carbocycles. The van der Waals surface area contributed by atoms with E-state index in [1.807, 2.05) is 18.2 Å². The molecule has 0 bridgehead atoms. The van der Waals surface area contributed by atoms with E-state index in [9.17, 15) is 4.79 Å². The molecule has 0 N–H and O–H groups in total. The van der Waals surface area contributed by atoms with Gasteiger partial charge in [0.2, 0.25) is 0 Å². The number of fused-ring (bicyclic) bond motifs is 1. The van der Waals surface area contributed by atoms with Crippen LogP contribution in [0.15, 0.2) is 27.4 Å². The predicted octanol–water partition coefficient (Wildman–Crippen LogP) is 2.03. The van der Waals surface area contributed by atoms with Gasteiger partial charge in [0.15, 0.2) is 5.58 Å². The minimum Gasteiger partial charge on any atom is -0.408 e. The Bertz CT molecular complexity index is 639. The van der Waals surface area contributed by atoms with E-state index in [1.165, 1.54) is 10.1 Å². The summed E-state index contributed by atoms with van der Waals surface area (Å²) < 4.78 is 12.0. The van der Waals surface area contributed by atoms with Gasteiger partial charge in [-0.1, -0.05) is 6.07 Å². The van der Waals surface area contributed by atoms with Gasteiger partial charge in [-0.15, -0.1) is 11.6 Å².